The van der Waals surface area contributed by atoms with Crippen LogP contribution in [0.4, 0.5) is 0 Å². The molecule has 2 nitrogen and oxygen atoms in total. The van der Waals surface area contributed by atoms with Crippen molar-refractivity contribution < 1.29 is 9.09 Å². The molecule has 0 aromatic heterocycles. The van der Waals surface area contributed by atoms with Crippen LogP contribution in [-0.2, 0) is 9.09 Å². The lowest BCUT2D eigenvalue weighted by molar-refractivity contribution is 0.228. The van der Waals surface area contributed by atoms with Gasteiger partial charge in [0.25, 0.3) is 0 Å². The second kappa shape index (κ2) is 8.16. The highest BCUT2D eigenvalue weighted by Crippen LogP contribution is 2.11. The summed E-state index contributed by atoms with van der Waals surface area (Å²) in [5.74, 6) is 0. The van der Waals surface area contributed by atoms with E-state index in [1.54, 1.807) is 0 Å². The highest BCUT2D eigenvalue weighted by atomic mass is 31.1. The standard InChI is InChI=1S/C8H18O2P/c1-3-4-5-6-7-8(2)10-11-9/h8,11H,3-7H2,1-2H3/q+1. The van der Waals surface area contributed by atoms with Crippen LogP contribution in [0.25, 0.3) is 0 Å². The molecule has 0 aromatic rings. The molecule has 3 heteroatoms. The molecule has 0 spiro atoms. The summed E-state index contributed by atoms with van der Waals surface area (Å²) in [5, 5.41) is 0. The smallest absolute Gasteiger partial charge is 0.145 e. The van der Waals surface area contributed by atoms with E-state index in [4.69, 9.17) is 4.52 Å². The lowest BCUT2D eigenvalue weighted by Gasteiger charge is -2.01. The van der Waals surface area contributed by atoms with Crippen molar-refractivity contribution in [3.05, 3.63) is 0 Å². The van der Waals surface area contributed by atoms with Crippen molar-refractivity contribution in [3.63, 3.8) is 0 Å². The lowest BCUT2D eigenvalue weighted by Crippen LogP contribution is -2.00. The highest BCUT2D eigenvalue weighted by Gasteiger charge is 2.05. The first-order chi connectivity index (χ1) is 5.31. The Morgan fingerprint density at radius 3 is 2.64 bits per heavy atom. The van der Waals surface area contributed by atoms with Crippen LogP contribution in [0.5, 0.6) is 0 Å². The van der Waals surface area contributed by atoms with Crippen molar-refractivity contribution in [2.75, 3.05) is 0 Å². The second-order valence-electron chi connectivity index (χ2n) is 2.86. The second-order valence-corrected chi connectivity index (χ2v) is 3.26. The normalized spacial score (nSPS) is 13.6. The van der Waals surface area contributed by atoms with Gasteiger partial charge < -0.3 is 0 Å². The van der Waals surface area contributed by atoms with Crippen LogP contribution in [0.1, 0.15) is 46.0 Å². The maximum Gasteiger partial charge on any atom is 0.494 e. The predicted molar refractivity (Wildman–Crippen MR) is 48.3 cm³/mol. The number of unbranched alkanes of at least 4 members (excludes halogenated alkanes) is 3. The van der Waals surface area contributed by atoms with Crippen molar-refractivity contribution >= 4 is 8.69 Å². The molecule has 11 heavy (non-hydrogen) atoms. The Bertz CT molecular complexity index is 96.1. The van der Waals surface area contributed by atoms with Gasteiger partial charge in [0.05, 0.1) is 0 Å². The van der Waals surface area contributed by atoms with Gasteiger partial charge in [-0.05, 0) is 17.9 Å². The van der Waals surface area contributed by atoms with Gasteiger partial charge in [-0.15, -0.1) is 4.52 Å². The minimum Gasteiger partial charge on any atom is -0.145 e. The summed E-state index contributed by atoms with van der Waals surface area (Å²) in [4.78, 5) is 0. The van der Waals surface area contributed by atoms with E-state index in [1.165, 1.54) is 25.7 Å². The van der Waals surface area contributed by atoms with Crippen LogP contribution in [0, 0.1) is 0 Å². The third-order valence-electron chi connectivity index (χ3n) is 1.71. The Balaban J connectivity index is 3.03. The van der Waals surface area contributed by atoms with E-state index in [1.807, 2.05) is 6.92 Å². The molecular weight excluding hydrogens is 159 g/mol. The van der Waals surface area contributed by atoms with Crippen LogP contribution < -0.4 is 0 Å². The van der Waals surface area contributed by atoms with Gasteiger partial charge in [0.2, 0.25) is 0 Å². The van der Waals surface area contributed by atoms with Gasteiger partial charge in [0.15, 0.2) is 0 Å². The van der Waals surface area contributed by atoms with Gasteiger partial charge >= 0.3 is 8.69 Å². The van der Waals surface area contributed by atoms with Crippen LogP contribution in [0.3, 0.4) is 0 Å². The van der Waals surface area contributed by atoms with Crippen LogP contribution in [0.15, 0.2) is 0 Å². The van der Waals surface area contributed by atoms with E-state index in [-0.39, 0.29) is 6.10 Å². The van der Waals surface area contributed by atoms with E-state index >= 15 is 0 Å². The van der Waals surface area contributed by atoms with E-state index in [9.17, 15) is 4.57 Å². The molecule has 0 aliphatic heterocycles. The quantitative estimate of drug-likeness (QED) is 0.440. The fourth-order valence-electron chi connectivity index (χ4n) is 1.000. The summed E-state index contributed by atoms with van der Waals surface area (Å²) in [5.41, 5.74) is 0. The maximum atomic E-state index is 10.0. The van der Waals surface area contributed by atoms with Crippen molar-refractivity contribution in [3.8, 4) is 0 Å². The first-order valence-electron chi connectivity index (χ1n) is 4.34. The van der Waals surface area contributed by atoms with Gasteiger partial charge in [-0.2, -0.15) is 0 Å². The van der Waals surface area contributed by atoms with E-state index in [2.05, 4.69) is 6.92 Å². The molecule has 0 saturated heterocycles. The van der Waals surface area contributed by atoms with Crippen LogP contribution >= 0.6 is 8.69 Å². The van der Waals surface area contributed by atoms with E-state index < -0.39 is 8.69 Å². The summed E-state index contributed by atoms with van der Waals surface area (Å²) in [7, 11) is -0.600. The lowest BCUT2D eigenvalue weighted by atomic mass is 10.1. The first-order valence-corrected chi connectivity index (χ1v) is 5.15. The molecule has 0 radical (unpaired) electrons. The summed E-state index contributed by atoms with van der Waals surface area (Å²) in [6.45, 7) is 4.16. The zero-order valence-corrected chi connectivity index (χ0v) is 8.43. The van der Waals surface area contributed by atoms with Crippen molar-refractivity contribution in [1.82, 2.24) is 0 Å². The summed E-state index contributed by atoms with van der Waals surface area (Å²) >= 11 is 0. The molecule has 0 bridgehead atoms. The predicted octanol–water partition coefficient (Wildman–Crippen LogP) is 3.30. The molecule has 0 aliphatic carbocycles. The first kappa shape index (κ1) is 11.1. The molecule has 0 aromatic carbocycles. The van der Waals surface area contributed by atoms with Crippen molar-refractivity contribution in [2.24, 2.45) is 0 Å². The third-order valence-corrected chi connectivity index (χ3v) is 2.21. The number of hydrogen-bond acceptors (Lipinski definition) is 2. The molecule has 2 atom stereocenters. The van der Waals surface area contributed by atoms with Gasteiger partial charge in [-0.25, -0.2) is 0 Å². The Kier molecular flexibility index (Phi) is 8.20. The largest absolute Gasteiger partial charge is 0.494 e. The molecule has 0 aliphatic rings. The maximum absolute atomic E-state index is 10.0. The van der Waals surface area contributed by atoms with Gasteiger partial charge in [0, 0.05) is 0 Å². The number of rotatable bonds is 7. The Morgan fingerprint density at radius 1 is 1.36 bits per heavy atom. The zero-order valence-electron chi connectivity index (χ0n) is 7.43. The SMILES string of the molecule is CCCCCCC(C)O[PH+]=O. The van der Waals surface area contributed by atoms with Crippen LogP contribution in [0.2, 0.25) is 0 Å². The number of hydrogen-bond donors (Lipinski definition) is 0. The minimum absolute atomic E-state index is 0.169. The summed E-state index contributed by atoms with van der Waals surface area (Å²) < 4.78 is 14.9. The van der Waals surface area contributed by atoms with Crippen molar-refractivity contribution in [2.45, 2.75) is 52.1 Å². The Labute approximate surface area is 70.6 Å². The summed E-state index contributed by atoms with van der Waals surface area (Å²) in [6, 6.07) is 0. The average molecular weight is 177 g/mol. The van der Waals surface area contributed by atoms with Gasteiger partial charge in [-0.3, -0.25) is 0 Å². The Hall–Kier alpha value is 0.0600. The zero-order chi connectivity index (χ0) is 8.53. The molecule has 0 fully saturated rings. The molecule has 0 rings (SSSR count). The average Bonchev–Trinajstić information content (AvgIpc) is 1.99. The molecular formula is C8H18O2P+. The molecule has 2 unspecified atom stereocenters. The van der Waals surface area contributed by atoms with E-state index in [0.717, 1.165) is 6.42 Å². The van der Waals surface area contributed by atoms with Crippen molar-refractivity contribution in [1.29, 1.82) is 0 Å². The molecule has 0 saturated carbocycles. The fraction of sp³-hybridized carbons (Fsp3) is 1.00. The van der Waals surface area contributed by atoms with Crippen LogP contribution in [-0.4, -0.2) is 6.10 Å². The Morgan fingerprint density at radius 2 is 2.09 bits per heavy atom. The minimum atomic E-state index is -0.600. The van der Waals surface area contributed by atoms with E-state index in [0.29, 0.717) is 0 Å². The molecule has 0 N–H and O–H groups in total. The third kappa shape index (κ3) is 7.96. The molecule has 0 amide bonds. The monoisotopic (exact) mass is 177 g/mol. The molecule has 66 valence electrons. The summed E-state index contributed by atoms with van der Waals surface area (Å²) in [6.07, 6.45) is 6.23. The van der Waals surface area contributed by atoms with Gasteiger partial charge in [-0.1, -0.05) is 32.6 Å². The topological polar surface area (TPSA) is 26.3 Å². The highest BCUT2D eigenvalue weighted by molar-refractivity contribution is 7.17. The fourth-order valence-corrected chi connectivity index (χ4v) is 1.28. The van der Waals surface area contributed by atoms with Gasteiger partial charge in [0.1, 0.15) is 6.10 Å². The molecule has 0 heterocycles.